The number of ether oxygens (including phenoxy) is 1. The van der Waals surface area contributed by atoms with Crippen molar-refractivity contribution in [3.8, 4) is 5.75 Å². The van der Waals surface area contributed by atoms with Crippen molar-refractivity contribution in [2.75, 3.05) is 5.32 Å². The molecule has 1 N–H and O–H groups in total. The van der Waals surface area contributed by atoms with Crippen molar-refractivity contribution in [3.63, 3.8) is 0 Å². The van der Waals surface area contributed by atoms with Gasteiger partial charge >= 0.3 is 0 Å². The zero-order valence-electron chi connectivity index (χ0n) is 16.3. The van der Waals surface area contributed by atoms with Gasteiger partial charge in [0.05, 0.1) is 11.3 Å². The third kappa shape index (κ3) is 4.03. The Morgan fingerprint density at radius 3 is 2.41 bits per heavy atom. The van der Waals surface area contributed by atoms with Crippen LogP contribution in [0.2, 0.25) is 0 Å². The van der Waals surface area contributed by atoms with E-state index in [0.717, 1.165) is 33.8 Å². The number of carbonyl (C=O) groups is 1. The van der Waals surface area contributed by atoms with Crippen LogP contribution in [-0.4, -0.2) is 11.1 Å². The van der Waals surface area contributed by atoms with E-state index in [1.54, 1.807) is 24.3 Å². The molecular formula is C22H24N2O3. The molecule has 1 atom stereocenters. The van der Waals surface area contributed by atoms with E-state index in [1.807, 2.05) is 52.8 Å². The van der Waals surface area contributed by atoms with Gasteiger partial charge in [-0.15, -0.1) is 0 Å². The highest BCUT2D eigenvalue weighted by atomic mass is 16.5. The highest BCUT2D eigenvalue weighted by molar-refractivity contribution is 6.04. The lowest BCUT2D eigenvalue weighted by Gasteiger charge is -2.15. The predicted octanol–water partition coefficient (Wildman–Crippen LogP) is 5.30. The molecule has 0 bridgehead atoms. The SMILES string of the molecule is Cc1cccc(NC(=O)c2ccc(OC(C)c3c(C)noc3C)cc2)c1C. The van der Waals surface area contributed by atoms with Gasteiger partial charge in [0.25, 0.3) is 5.91 Å². The Morgan fingerprint density at radius 2 is 1.78 bits per heavy atom. The summed E-state index contributed by atoms with van der Waals surface area (Å²) in [6, 6.07) is 13.0. The van der Waals surface area contributed by atoms with Gasteiger partial charge in [0.2, 0.25) is 0 Å². The van der Waals surface area contributed by atoms with Crippen LogP contribution >= 0.6 is 0 Å². The Kier molecular flexibility index (Phi) is 5.31. The standard InChI is InChI=1S/C22H24N2O3/c1-13-7-6-8-20(14(13)2)23-22(25)18-9-11-19(12-10-18)26-16(4)21-15(3)24-27-17(21)5/h6-12,16H,1-5H3,(H,23,25). The molecule has 0 saturated carbocycles. The van der Waals surface area contributed by atoms with Gasteiger partial charge in [0.15, 0.2) is 0 Å². The first-order chi connectivity index (χ1) is 12.9. The van der Waals surface area contributed by atoms with E-state index in [2.05, 4.69) is 10.5 Å². The molecule has 5 nitrogen and oxygen atoms in total. The van der Waals surface area contributed by atoms with Crippen LogP contribution in [0.25, 0.3) is 0 Å². The van der Waals surface area contributed by atoms with E-state index in [4.69, 9.17) is 9.26 Å². The van der Waals surface area contributed by atoms with Gasteiger partial charge in [0.1, 0.15) is 17.6 Å². The number of hydrogen-bond donors (Lipinski definition) is 1. The summed E-state index contributed by atoms with van der Waals surface area (Å²) in [6.07, 6.45) is -0.189. The zero-order chi connectivity index (χ0) is 19.6. The molecule has 0 spiro atoms. The summed E-state index contributed by atoms with van der Waals surface area (Å²) in [5.41, 5.74) is 5.39. The van der Waals surface area contributed by atoms with Gasteiger partial charge in [-0.05, 0) is 76.1 Å². The molecule has 0 aliphatic rings. The second kappa shape index (κ2) is 7.66. The minimum atomic E-state index is -0.189. The molecule has 1 aromatic heterocycles. The maximum atomic E-state index is 12.5. The number of rotatable bonds is 5. The molecule has 140 valence electrons. The molecule has 0 saturated heterocycles. The van der Waals surface area contributed by atoms with Crippen molar-refractivity contribution in [1.82, 2.24) is 5.16 Å². The molecule has 1 heterocycles. The Bertz CT molecular complexity index is 939. The van der Waals surface area contributed by atoms with Crippen LogP contribution < -0.4 is 10.1 Å². The van der Waals surface area contributed by atoms with Crippen LogP contribution in [0.15, 0.2) is 47.0 Å². The summed E-state index contributed by atoms with van der Waals surface area (Å²) in [4.78, 5) is 12.5. The summed E-state index contributed by atoms with van der Waals surface area (Å²) in [7, 11) is 0. The number of aryl methyl sites for hydroxylation is 3. The van der Waals surface area contributed by atoms with Crippen LogP contribution in [0, 0.1) is 27.7 Å². The summed E-state index contributed by atoms with van der Waals surface area (Å²) in [5, 5.41) is 6.93. The minimum absolute atomic E-state index is 0.144. The lowest BCUT2D eigenvalue weighted by molar-refractivity contribution is 0.102. The zero-order valence-corrected chi connectivity index (χ0v) is 16.3. The Hall–Kier alpha value is -3.08. The summed E-state index contributed by atoms with van der Waals surface area (Å²) < 4.78 is 11.2. The van der Waals surface area contributed by atoms with Crippen molar-refractivity contribution in [2.45, 2.75) is 40.7 Å². The van der Waals surface area contributed by atoms with Crippen molar-refractivity contribution in [1.29, 1.82) is 0 Å². The Balaban J connectivity index is 1.69. The molecule has 0 radical (unpaired) electrons. The maximum Gasteiger partial charge on any atom is 0.255 e. The van der Waals surface area contributed by atoms with E-state index >= 15 is 0 Å². The van der Waals surface area contributed by atoms with Gasteiger partial charge in [-0.25, -0.2) is 0 Å². The third-order valence-electron chi connectivity index (χ3n) is 4.78. The third-order valence-corrected chi connectivity index (χ3v) is 4.78. The first-order valence-corrected chi connectivity index (χ1v) is 8.94. The van der Waals surface area contributed by atoms with Crippen LogP contribution in [-0.2, 0) is 0 Å². The first kappa shape index (κ1) is 18.7. The predicted molar refractivity (Wildman–Crippen MR) is 105 cm³/mol. The molecule has 0 aliphatic carbocycles. The van der Waals surface area contributed by atoms with E-state index in [-0.39, 0.29) is 12.0 Å². The fourth-order valence-corrected chi connectivity index (χ4v) is 3.10. The van der Waals surface area contributed by atoms with Gasteiger partial charge in [-0.3, -0.25) is 4.79 Å². The number of nitrogens with one attached hydrogen (secondary N) is 1. The van der Waals surface area contributed by atoms with E-state index in [9.17, 15) is 4.79 Å². The number of aromatic nitrogens is 1. The number of carbonyl (C=O) groups excluding carboxylic acids is 1. The molecular weight excluding hydrogens is 340 g/mol. The molecule has 27 heavy (non-hydrogen) atoms. The van der Waals surface area contributed by atoms with Gasteiger partial charge in [-0.1, -0.05) is 17.3 Å². The summed E-state index contributed by atoms with van der Waals surface area (Å²) in [5.74, 6) is 1.30. The fourth-order valence-electron chi connectivity index (χ4n) is 3.10. The van der Waals surface area contributed by atoms with Gasteiger partial charge in [-0.2, -0.15) is 0 Å². The number of nitrogens with zero attached hydrogens (tertiary/aromatic N) is 1. The average molecular weight is 364 g/mol. The molecule has 1 amide bonds. The lowest BCUT2D eigenvalue weighted by atomic mass is 10.1. The van der Waals surface area contributed by atoms with Gasteiger partial charge in [0, 0.05) is 11.3 Å². The van der Waals surface area contributed by atoms with Crippen molar-refractivity contribution in [2.24, 2.45) is 0 Å². The molecule has 0 fully saturated rings. The highest BCUT2D eigenvalue weighted by Crippen LogP contribution is 2.27. The van der Waals surface area contributed by atoms with Crippen molar-refractivity contribution >= 4 is 11.6 Å². The topological polar surface area (TPSA) is 64.4 Å². The number of benzene rings is 2. The normalized spacial score (nSPS) is 11.9. The van der Waals surface area contributed by atoms with E-state index in [0.29, 0.717) is 11.3 Å². The highest BCUT2D eigenvalue weighted by Gasteiger charge is 2.18. The smallest absolute Gasteiger partial charge is 0.255 e. The van der Waals surface area contributed by atoms with Gasteiger partial charge < -0.3 is 14.6 Å². The lowest BCUT2D eigenvalue weighted by Crippen LogP contribution is -2.13. The van der Waals surface area contributed by atoms with Crippen LogP contribution in [0.5, 0.6) is 5.75 Å². The molecule has 0 aliphatic heterocycles. The van der Waals surface area contributed by atoms with E-state index in [1.165, 1.54) is 0 Å². The maximum absolute atomic E-state index is 12.5. The first-order valence-electron chi connectivity index (χ1n) is 8.94. The molecule has 3 aromatic rings. The van der Waals surface area contributed by atoms with Crippen molar-refractivity contribution in [3.05, 3.63) is 76.2 Å². The Morgan fingerprint density at radius 1 is 1.07 bits per heavy atom. The summed E-state index contributed by atoms with van der Waals surface area (Å²) in [6.45, 7) is 9.74. The monoisotopic (exact) mass is 364 g/mol. The number of hydrogen-bond acceptors (Lipinski definition) is 4. The fraction of sp³-hybridized carbons (Fsp3) is 0.273. The average Bonchev–Trinajstić information content (AvgIpc) is 2.98. The van der Waals surface area contributed by atoms with E-state index < -0.39 is 0 Å². The molecule has 3 rings (SSSR count). The van der Waals surface area contributed by atoms with Crippen LogP contribution in [0.3, 0.4) is 0 Å². The van der Waals surface area contributed by atoms with Crippen LogP contribution in [0.4, 0.5) is 5.69 Å². The quantitative estimate of drug-likeness (QED) is 0.667. The molecule has 2 aromatic carbocycles. The number of amides is 1. The second-order valence-electron chi connectivity index (χ2n) is 6.72. The Labute approximate surface area is 159 Å². The second-order valence-corrected chi connectivity index (χ2v) is 6.72. The summed E-state index contributed by atoms with van der Waals surface area (Å²) >= 11 is 0. The minimum Gasteiger partial charge on any atom is -0.486 e. The molecule has 1 unspecified atom stereocenters. The van der Waals surface area contributed by atoms with Crippen molar-refractivity contribution < 1.29 is 14.1 Å². The largest absolute Gasteiger partial charge is 0.486 e. The van der Waals surface area contributed by atoms with Crippen LogP contribution in [0.1, 0.15) is 51.5 Å². The molecule has 5 heteroatoms. The number of anilines is 1.